The molecule has 2 N–H and O–H groups in total. The Labute approximate surface area is 188 Å². The predicted octanol–water partition coefficient (Wildman–Crippen LogP) is 4.83. The van der Waals surface area contributed by atoms with Gasteiger partial charge in [0.05, 0.1) is 17.5 Å². The second-order valence-electron chi connectivity index (χ2n) is 7.06. The van der Waals surface area contributed by atoms with Gasteiger partial charge in [-0.25, -0.2) is 0 Å². The van der Waals surface area contributed by atoms with E-state index in [9.17, 15) is 27.9 Å². The number of carbonyl (C=O) groups excluding carboxylic acids is 1. The fourth-order valence-corrected chi connectivity index (χ4v) is 3.54. The number of hydrogen-bond donors (Lipinski definition) is 2. The molecule has 10 heteroatoms. The summed E-state index contributed by atoms with van der Waals surface area (Å²) in [7, 11) is 0. The van der Waals surface area contributed by atoms with Crippen molar-refractivity contribution in [2.45, 2.75) is 39.3 Å². The molecule has 0 fully saturated rings. The van der Waals surface area contributed by atoms with Crippen molar-refractivity contribution in [3.63, 3.8) is 0 Å². The van der Waals surface area contributed by atoms with Crippen LogP contribution in [-0.2, 0) is 33.5 Å². The molecule has 1 unspecified atom stereocenters. The zero-order valence-corrected chi connectivity index (χ0v) is 18.1. The molecule has 0 saturated heterocycles. The summed E-state index contributed by atoms with van der Waals surface area (Å²) < 4.78 is 46.0. The van der Waals surface area contributed by atoms with E-state index in [1.165, 1.54) is 19.1 Å². The van der Waals surface area contributed by atoms with Crippen LogP contribution >= 0.6 is 12.4 Å². The predicted molar refractivity (Wildman–Crippen MR) is 114 cm³/mol. The van der Waals surface area contributed by atoms with Crippen molar-refractivity contribution in [1.82, 2.24) is 9.88 Å². The molecule has 1 aromatic heterocycles. The summed E-state index contributed by atoms with van der Waals surface area (Å²) >= 11 is 0. The summed E-state index contributed by atoms with van der Waals surface area (Å²) in [5, 5.41) is 12.9. The number of carboxylic acid groups (broad SMARTS) is 1. The van der Waals surface area contributed by atoms with Crippen LogP contribution in [0.5, 0.6) is 0 Å². The highest BCUT2D eigenvalue weighted by Crippen LogP contribution is 2.31. The van der Waals surface area contributed by atoms with E-state index in [0.29, 0.717) is 27.7 Å². The topological polar surface area (TPSA) is 80.6 Å². The first-order valence-electron chi connectivity index (χ1n) is 9.45. The molecule has 0 aliphatic carbocycles. The maximum absolute atomic E-state index is 13.0. The molecule has 0 aliphatic rings. The number of benzene rings is 2. The van der Waals surface area contributed by atoms with E-state index in [1.54, 1.807) is 35.8 Å². The van der Waals surface area contributed by atoms with Gasteiger partial charge in [0.1, 0.15) is 0 Å². The van der Waals surface area contributed by atoms with Gasteiger partial charge in [-0.05, 0) is 30.2 Å². The fourth-order valence-electron chi connectivity index (χ4n) is 3.54. The van der Waals surface area contributed by atoms with Gasteiger partial charge in [-0.3, -0.25) is 19.5 Å². The van der Waals surface area contributed by atoms with Crippen LogP contribution in [0, 0.1) is 6.92 Å². The van der Waals surface area contributed by atoms with Crippen molar-refractivity contribution in [2.75, 3.05) is 0 Å². The maximum Gasteiger partial charge on any atom is 0.416 e. The molecule has 0 aliphatic heterocycles. The quantitative estimate of drug-likeness (QED) is 0.382. The van der Waals surface area contributed by atoms with Crippen LogP contribution in [-0.4, -0.2) is 21.6 Å². The first-order valence-corrected chi connectivity index (χ1v) is 9.45. The van der Waals surface area contributed by atoms with Gasteiger partial charge in [-0.2, -0.15) is 13.2 Å². The van der Waals surface area contributed by atoms with E-state index in [-0.39, 0.29) is 25.4 Å². The minimum Gasteiger partial charge on any atom is -0.481 e. The Bertz CT molecular complexity index is 1130. The molecule has 3 aromatic rings. The van der Waals surface area contributed by atoms with Gasteiger partial charge in [0.15, 0.2) is 0 Å². The minimum absolute atomic E-state index is 0. The number of hydrogen-bond acceptors (Lipinski definition) is 4. The van der Waals surface area contributed by atoms with Crippen LogP contribution in [0.25, 0.3) is 10.9 Å². The standard InChI is InChI=1S/C22H21F3N2O4.ClH/c1-13-18(11-20(29)30)17-8-3-4-9-19(17)27(13)21(31-14(2)28)26-12-15-6-5-7-16(10-15)22(23,24)25;/h3-10,21,26H,11-12H2,1-2H3,(H,29,30);1H. The Kier molecular flexibility index (Phi) is 7.92. The third kappa shape index (κ3) is 5.60. The molecular weight excluding hydrogens is 449 g/mol. The summed E-state index contributed by atoms with van der Waals surface area (Å²) in [4.78, 5) is 23.1. The van der Waals surface area contributed by atoms with E-state index in [0.717, 1.165) is 12.1 Å². The zero-order chi connectivity index (χ0) is 22.8. The number of alkyl halides is 3. The Balaban J connectivity index is 0.00000363. The number of halogens is 4. The molecule has 0 radical (unpaired) electrons. The first-order chi connectivity index (χ1) is 14.6. The van der Waals surface area contributed by atoms with Gasteiger partial charge in [0.25, 0.3) is 0 Å². The Hall–Kier alpha value is -3.04. The molecule has 0 bridgehead atoms. The molecule has 0 saturated carbocycles. The molecule has 6 nitrogen and oxygen atoms in total. The zero-order valence-electron chi connectivity index (χ0n) is 17.3. The first kappa shape index (κ1) is 25.2. The number of nitrogens with zero attached hydrogens (tertiary/aromatic N) is 1. The number of aliphatic carboxylic acids is 1. The second kappa shape index (κ2) is 10.1. The maximum atomic E-state index is 13.0. The van der Waals surface area contributed by atoms with Gasteiger partial charge in [-0.15, -0.1) is 12.4 Å². The average molecular weight is 471 g/mol. The van der Waals surface area contributed by atoms with E-state index < -0.39 is 30.0 Å². The lowest BCUT2D eigenvalue weighted by Gasteiger charge is -2.23. The molecule has 3 rings (SSSR count). The number of nitrogens with one attached hydrogen (secondary N) is 1. The lowest BCUT2D eigenvalue weighted by atomic mass is 10.1. The summed E-state index contributed by atoms with van der Waals surface area (Å²) in [5.74, 6) is -1.61. The molecule has 172 valence electrons. The van der Waals surface area contributed by atoms with Crippen molar-refractivity contribution < 1.29 is 32.6 Å². The smallest absolute Gasteiger partial charge is 0.416 e. The molecule has 1 heterocycles. The Morgan fingerprint density at radius 3 is 2.47 bits per heavy atom. The van der Waals surface area contributed by atoms with Crippen LogP contribution in [0.1, 0.15) is 35.7 Å². The highest BCUT2D eigenvalue weighted by Gasteiger charge is 2.30. The van der Waals surface area contributed by atoms with Gasteiger partial charge in [-0.1, -0.05) is 36.4 Å². The SMILES string of the molecule is CC(=O)OC(NCc1cccc(C(F)(F)F)c1)n1c(C)c(CC(=O)O)c2ccccc21.Cl. The monoisotopic (exact) mass is 470 g/mol. The third-order valence-corrected chi connectivity index (χ3v) is 4.86. The molecule has 2 aromatic carbocycles. The van der Waals surface area contributed by atoms with Gasteiger partial charge in [0.2, 0.25) is 6.35 Å². The van der Waals surface area contributed by atoms with Crippen molar-refractivity contribution in [1.29, 1.82) is 0 Å². The number of carboxylic acids is 1. The Morgan fingerprint density at radius 2 is 1.84 bits per heavy atom. The van der Waals surface area contributed by atoms with Crippen LogP contribution in [0.15, 0.2) is 48.5 Å². The molecule has 0 amide bonds. The number of para-hydroxylation sites is 1. The van der Waals surface area contributed by atoms with Crippen molar-refractivity contribution in [2.24, 2.45) is 0 Å². The van der Waals surface area contributed by atoms with Gasteiger partial charge in [0, 0.05) is 24.5 Å². The van der Waals surface area contributed by atoms with E-state index in [2.05, 4.69) is 5.32 Å². The number of carbonyl (C=O) groups is 2. The Morgan fingerprint density at radius 1 is 1.16 bits per heavy atom. The minimum atomic E-state index is -4.47. The average Bonchev–Trinajstić information content (AvgIpc) is 2.96. The number of aromatic nitrogens is 1. The summed E-state index contributed by atoms with van der Waals surface area (Å²) in [6.45, 7) is 2.92. The van der Waals surface area contributed by atoms with E-state index in [4.69, 9.17) is 4.74 Å². The van der Waals surface area contributed by atoms with Crippen LogP contribution < -0.4 is 5.32 Å². The lowest BCUT2D eigenvalue weighted by molar-refractivity contribution is -0.153. The number of esters is 1. The summed E-state index contributed by atoms with van der Waals surface area (Å²) in [6, 6.07) is 11.9. The van der Waals surface area contributed by atoms with Crippen LogP contribution in [0.3, 0.4) is 0 Å². The molecular formula is C22H22ClF3N2O4. The molecule has 32 heavy (non-hydrogen) atoms. The van der Waals surface area contributed by atoms with Crippen molar-refractivity contribution in [3.05, 3.63) is 70.9 Å². The van der Waals surface area contributed by atoms with Crippen LogP contribution in [0.4, 0.5) is 13.2 Å². The second-order valence-corrected chi connectivity index (χ2v) is 7.06. The van der Waals surface area contributed by atoms with Gasteiger partial charge < -0.3 is 9.84 Å². The van der Waals surface area contributed by atoms with E-state index >= 15 is 0 Å². The normalized spacial score (nSPS) is 12.3. The van der Waals surface area contributed by atoms with Crippen LogP contribution in [0.2, 0.25) is 0 Å². The summed E-state index contributed by atoms with van der Waals surface area (Å²) in [6.07, 6.45) is -5.73. The van der Waals surface area contributed by atoms with E-state index in [1.807, 2.05) is 0 Å². The fraction of sp³-hybridized carbons (Fsp3) is 0.273. The lowest BCUT2D eigenvalue weighted by Crippen LogP contribution is -2.31. The largest absolute Gasteiger partial charge is 0.481 e. The number of ether oxygens (including phenoxy) is 1. The highest BCUT2D eigenvalue weighted by atomic mass is 35.5. The molecule has 1 atom stereocenters. The number of rotatable bonds is 7. The van der Waals surface area contributed by atoms with Crippen molar-refractivity contribution >= 4 is 35.2 Å². The molecule has 0 spiro atoms. The number of fused-ring (bicyclic) bond motifs is 1. The van der Waals surface area contributed by atoms with Crippen molar-refractivity contribution in [3.8, 4) is 0 Å². The highest BCUT2D eigenvalue weighted by molar-refractivity contribution is 5.89. The summed E-state index contributed by atoms with van der Waals surface area (Å²) in [5.41, 5.74) is 1.36. The van der Waals surface area contributed by atoms with Gasteiger partial charge >= 0.3 is 18.1 Å². The third-order valence-electron chi connectivity index (χ3n) is 4.86.